The van der Waals surface area contributed by atoms with E-state index >= 15 is 0 Å². The highest BCUT2D eigenvalue weighted by molar-refractivity contribution is 14.1. The lowest BCUT2D eigenvalue weighted by atomic mass is 10.0. The summed E-state index contributed by atoms with van der Waals surface area (Å²) in [5.41, 5.74) is 9.52. The van der Waals surface area contributed by atoms with Crippen LogP contribution in [-0.2, 0) is 0 Å². The van der Waals surface area contributed by atoms with Gasteiger partial charge in [-0.05, 0) is 58.5 Å². The van der Waals surface area contributed by atoms with E-state index in [1.54, 1.807) is 0 Å². The molecule has 0 aliphatic rings. The van der Waals surface area contributed by atoms with E-state index < -0.39 is 0 Å². The minimum Gasteiger partial charge on any atom is -0.320 e. The Labute approximate surface area is 145 Å². The van der Waals surface area contributed by atoms with Crippen molar-refractivity contribution in [3.63, 3.8) is 0 Å². The van der Waals surface area contributed by atoms with Crippen LogP contribution in [-0.4, -0.2) is 9.78 Å². The molecule has 3 nitrogen and oxygen atoms in total. The highest BCUT2D eigenvalue weighted by Crippen LogP contribution is 2.27. The Morgan fingerprint density at radius 2 is 1.90 bits per heavy atom. The topological polar surface area (TPSA) is 43.8 Å². The lowest BCUT2D eigenvalue weighted by Gasteiger charge is -2.12. The molecule has 106 valence electrons. The van der Waals surface area contributed by atoms with Crippen molar-refractivity contribution in [3.8, 4) is 5.69 Å². The van der Waals surface area contributed by atoms with Crippen molar-refractivity contribution in [1.29, 1.82) is 0 Å². The van der Waals surface area contributed by atoms with E-state index in [0.29, 0.717) is 0 Å². The highest BCUT2D eigenvalue weighted by atomic mass is 127. The van der Waals surface area contributed by atoms with E-state index in [2.05, 4.69) is 55.8 Å². The third-order valence-corrected chi connectivity index (χ3v) is 4.75. The van der Waals surface area contributed by atoms with Crippen molar-refractivity contribution in [2.75, 3.05) is 0 Å². The van der Waals surface area contributed by atoms with Gasteiger partial charge in [0.25, 0.3) is 0 Å². The van der Waals surface area contributed by atoms with Gasteiger partial charge in [-0.1, -0.05) is 34.1 Å². The van der Waals surface area contributed by atoms with Crippen LogP contribution in [0.5, 0.6) is 0 Å². The van der Waals surface area contributed by atoms with Crippen LogP contribution < -0.4 is 5.73 Å². The Morgan fingerprint density at radius 3 is 2.67 bits per heavy atom. The van der Waals surface area contributed by atoms with Crippen molar-refractivity contribution in [3.05, 3.63) is 80.1 Å². The molecule has 0 radical (unpaired) electrons. The molecule has 0 bridgehead atoms. The van der Waals surface area contributed by atoms with Crippen molar-refractivity contribution >= 4 is 38.5 Å². The molecule has 0 saturated heterocycles. The monoisotopic (exact) mass is 453 g/mol. The fourth-order valence-electron chi connectivity index (χ4n) is 2.15. The van der Waals surface area contributed by atoms with Gasteiger partial charge in [0.1, 0.15) is 0 Å². The number of hydrogen-bond acceptors (Lipinski definition) is 2. The molecule has 0 amide bonds. The molecule has 0 aliphatic heterocycles. The molecule has 1 atom stereocenters. The number of hydrogen-bond donors (Lipinski definition) is 1. The van der Waals surface area contributed by atoms with Crippen LogP contribution in [0, 0.1) is 3.57 Å². The van der Waals surface area contributed by atoms with Gasteiger partial charge < -0.3 is 5.73 Å². The van der Waals surface area contributed by atoms with Crippen LogP contribution in [0.4, 0.5) is 0 Å². The summed E-state index contributed by atoms with van der Waals surface area (Å²) in [4.78, 5) is 0. The van der Waals surface area contributed by atoms with E-state index in [4.69, 9.17) is 5.73 Å². The number of aromatic nitrogens is 2. The van der Waals surface area contributed by atoms with E-state index in [-0.39, 0.29) is 6.04 Å². The van der Waals surface area contributed by atoms with Gasteiger partial charge in [-0.2, -0.15) is 5.10 Å². The third kappa shape index (κ3) is 3.20. The second-order valence-corrected chi connectivity index (χ2v) is 6.78. The minimum absolute atomic E-state index is 0.188. The third-order valence-electron chi connectivity index (χ3n) is 3.28. The SMILES string of the molecule is NC(c1cnn(-c2ccccc2)c1)c1cc(Br)ccc1I. The maximum atomic E-state index is 6.40. The van der Waals surface area contributed by atoms with Gasteiger partial charge >= 0.3 is 0 Å². The number of para-hydroxylation sites is 1. The van der Waals surface area contributed by atoms with Crippen LogP contribution in [0.2, 0.25) is 0 Å². The Hall–Kier alpha value is -1.18. The molecule has 0 spiro atoms. The Kier molecular flexibility index (Phi) is 4.42. The summed E-state index contributed by atoms with van der Waals surface area (Å²) in [6, 6.07) is 16.0. The summed E-state index contributed by atoms with van der Waals surface area (Å²) in [7, 11) is 0. The number of rotatable bonds is 3. The maximum Gasteiger partial charge on any atom is 0.0645 e. The van der Waals surface area contributed by atoms with E-state index in [0.717, 1.165) is 24.9 Å². The summed E-state index contributed by atoms with van der Waals surface area (Å²) >= 11 is 5.81. The van der Waals surface area contributed by atoms with Gasteiger partial charge in [0.05, 0.1) is 17.9 Å². The first-order valence-corrected chi connectivity index (χ1v) is 8.33. The summed E-state index contributed by atoms with van der Waals surface area (Å²) in [6.07, 6.45) is 3.81. The summed E-state index contributed by atoms with van der Waals surface area (Å²) < 4.78 is 4.03. The first kappa shape index (κ1) is 14.7. The first-order chi connectivity index (χ1) is 10.1. The van der Waals surface area contributed by atoms with Crippen LogP contribution >= 0.6 is 38.5 Å². The average molecular weight is 454 g/mol. The lowest BCUT2D eigenvalue weighted by molar-refractivity contribution is 0.857. The molecule has 2 N–H and O–H groups in total. The van der Waals surface area contributed by atoms with Crippen molar-refractivity contribution in [1.82, 2.24) is 9.78 Å². The normalized spacial score (nSPS) is 12.3. The van der Waals surface area contributed by atoms with Gasteiger partial charge in [0, 0.05) is 19.8 Å². The number of nitrogens with two attached hydrogens (primary N) is 1. The van der Waals surface area contributed by atoms with Gasteiger partial charge in [-0.3, -0.25) is 0 Å². The fraction of sp³-hybridized carbons (Fsp3) is 0.0625. The van der Waals surface area contributed by atoms with Gasteiger partial charge in [-0.25, -0.2) is 4.68 Å². The fourth-order valence-corrected chi connectivity index (χ4v) is 3.20. The minimum atomic E-state index is -0.188. The predicted molar refractivity (Wildman–Crippen MR) is 96.5 cm³/mol. The zero-order valence-corrected chi connectivity index (χ0v) is 14.8. The Morgan fingerprint density at radius 1 is 1.14 bits per heavy atom. The van der Waals surface area contributed by atoms with Crippen molar-refractivity contribution < 1.29 is 0 Å². The van der Waals surface area contributed by atoms with Crippen LogP contribution in [0.15, 0.2) is 65.4 Å². The lowest BCUT2D eigenvalue weighted by Crippen LogP contribution is -2.12. The molecular formula is C16H13BrIN3. The van der Waals surface area contributed by atoms with Crippen molar-refractivity contribution in [2.45, 2.75) is 6.04 Å². The van der Waals surface area contributed by atoms with Gasteiger partial charge in [-0.15, -0.1) is 0 Å². The number of nitrogens with zero attached hydrogens (tertiary/aromatic N) is 2. The molecule has 0 fully saturated rings. The maximum absolute atomic E-state index is 6.40. The van der Waals surface area contributed by atoms with Gasteiger partial charge in [0.15, 0.2) is 0 Å². The molecule has 2 aromatic carbocycles. The summed E-state index contributed by atoms with van der Waals surface area (Å²) in [6.45, 7) is 0. The molecule has 0 aliphatic carbocycles. The Bertz CT molecular complexity index is 755. The molecule has 3 aromatic rings. The van der Waals surface area contributed by atoms with E-state index in [9.17, 15) is 0 Å². The van der Waals surface area contributed by atoms with Crippen LogP contribution in [0.1, 0.15) is 17.2 Å². The largest absolute Gasteiger partial charge is 0.320 e. The second-order valence-electron chi connectivity index (χ2n) is 4.70. The number of halogens is 2. The second kappa shape index (κ2) is 6.29. The zero-order chi connectivity index (χ0) is 14.8. The molecule has 0 saturated carbocycles. The summed E-state index contributed by atoms with van der Waals surface area (Å²) in [5, 5.41) is 4.41. The molecule has 3 rings (SSSR count). The predicted octanol–water partition coefficient (Wildman–Crippen LogP) is 4.29. The van der Waals surface area contributed by atoms with Gasteiger partial charge in [0.2, 0.25) is 0 Å². The average Bonchev–Trinajstić information content (AvgIpc) is 3.00. The smallest absolute Gasteiger partial charge is 0.0645 e. The molecule has 21 heavy (non-hydrogen) atoms. The van der Waals surface area contributed by atoms with Crippen LogP contribution in [0.25, 0.3) is 5.69 Å². The molecule has 1 heterocycles. The Balaban J connectivity index is 1.94. The summed E-state index contributed by atoms with van der Waals surface area (Å²) in [5.74, 6) is 0. The molecule has 1 aromatic heterocycles. The highest BCUT2D eigenvalue weighted by Gasteiger charge is 2.15. The molecule has 1 unspecified atom stereocenters. The molecular weight excluding hydrogens is 441 g/mol. The first-order valence-electron chi connectivity index (χ1n) is 6.45. The van der Waals surface area contributed by atoms with E-state index in [1.165, 1.54) is 0 Å². The number of benzene rings is 2. The molecule has 5 heteroatoms. The quantitative estimate of drug-likeness (QED) is 0.601. The van der Waals surface area contributed by atoms with Crippen molar-refractivity contribution in [2.24, 2.45) is 5.73 Å². The standard InChI is InChI=1S/C16H13BrIN3/c17-12-6-7-15(18)14(8-12)16(19)11-9-20-21(10-11)13-4-2-1-3-5-13/h1-10,16H,19H2. The zero-order valence-electron chi connectivity index (χ0n) is 11.1. The van der Waals surface area contributed by atoms with Crippen LogP contribution in [0.3, 0.4) is 0 Å². The van der Waals surface area contributed by atoms with E-state index in [1.807, 2.05) is 53.5 Å².